The van der Waals surface area contributed by atoms with E-state index < -0.39 is 0 Å². The van der Waals surface area contributed by atoms with Gasteiger partial charge in [-0.15, -0.1) is 11.6 Å². The Morgan fingerprint density at radius 1 is 1.31 bits per heavy atom. The van der Waals surface area contributed by atoms with Gasteiger partial charge in [-0.1, -0.05) is 23.7 Å². The van der Waals surface area contributed by atoms with Gasteiger partial charge in [0.15, 0.2) is 0 Å². The summed E-state index contributed by atoms with van der Waals surface area (Å²) in [5.74, 6) is 0.777. The van der Waals surface area contributed by atoms with Gasteiger partial charge in [-0.3, -0.25) is 0 Å². The second kappa shape index (κ2) is 3.51. The van der Waals surface area contributed by atoms with Gasteiger partial charge < -0.3 is 0 Å². The lowest BCUT2D eigenvalue weighted by Crippen LogP contribution is -2.06. The summed E-state index contributed by atoms with van der Waals surface area (Å²) in [6.45, 7) is 0. The highest BCUT2D eigenvalue weighted by atomic mass is 35.5. The number of hydrogen-bond donors (Lipinski definition) is 0. The van der Waals surface area contributed by atoms with E-state index in [0.717, 1.165) is 17.3 Å². The lowest BCUT2D eigenvalue weighted by molar-refractivity contribution is 0.578. The maximum absolute atomic E-state index is 5.91. The monoisotopic (exact) mass is 214 g/mol. The smallest absolute Gasteiger partial charge is 0.0408 e. The van der Waals surface area contributed by atoms with Crippen LogP contribution in [-0.2, 0) is 6.42 Å². The van der Waals surface area contributed by atoms with Gasteiger partial charge in [-0.2, -0.15) is 0 Å². The van der Waals surface area contributed by atoms with E-state index in [2.05, 4.69) is 6.07 Å². The van der Waals surface area contributed by atoms with E-state index in [1.54, 1.807) is 0 Å². The second-order valence-corrected chi connectivity index (χ2v) is 4.64. The third kappa shape index (κ3) is 2.18. The van der Waals surface area contributed by atoms with Crippen molar-refractivity contribution in [3.63, 3.8) is 0 Å². The Bertz CT molecular complexity index is 303. The van der Waals surface area contributed by atoms with E-state index >= 15 is 0 Å². The molecule has 0 N–H and O–H groups in total. The molecule has 1 aliphatic rings. The Morgan fingerprint density at radius 2 is 2.08 bits per heavy atom. The molecule has 1 saturated carbocycles. The molecule has 0 aromatic heterocycles. The van der Waals surface area contributed by atoms with Gasteiger partial charge in [-0.05, 0) is 42.4 Å². The molecule has 0 aliphatic heterocycles. The van der Waals surface area contributed by atoms with Gasteiger partial charge in [0.05, 0.1) is 0 Å². The van der Waals surface area contributed by atoms with Crippen LogP contribution >= 0.6 is 23.2 Å². The summed E-state index contributed by atoms with van der Waals surface area (Å²) in [4.78, 5) is 0. The number of halogens is 2. The van der Waals surface area contributed by atoms with Crippen LogP contribution in [0, 0.1) is 5.41 Å². The van der Waals surface area contributed by atoms with Crippen molar-refractivity contribution in [1.29, 1.82) is 0 Å². The first kappa shape index (κ1) is 9.36. The molecule has 0 nitrogen and oxygen atoms in total. The minimum atomic E-state index is 0.395. The zero-order chi connectivity index (χ0) is 9.31. The van der Waals surface area contributed by atoms with Crippen LogP contribution in [0.2, 0.25) is 5.02 Å². The van der Waals surface area contributed by atoms with Crippen LogP contribution in [0.3, 0.4) is 0 Å². The van der Waals surface area contributed by atoms with Crippen molar-refractivity contribution >= 4 is 23.2 Å². The number of alkyl halides is 1. The van der Waals surface area contributed by atoms with Crippen molar-refractivity contribution in [3.8, 4) is 0 Å². The fraction of sp³-hybridized carbons (Fsp3) is 0.455. The van der Waals surface area contributed by atoms with Crippen LogP contribution in [0.4, 0.5) is 0 Å². The predicted molar refractivity (Wildman–Crippen MR) is 57.5 cm³/mol. The zero-order valence-corrected chi connectivity index (χ0v) is 8.91. The van der Waals surface area contributed by atoms with Crippen LogP contribution in [0.5, 0.6) is 0 Å². The van der Waals surface area contributed by atoms with Crippen LogP contribution in [0.1, 0.15) is 18.4 Å². The summed E-state index contributed by atoms with van der Waals surface area (Å²) >= 11 is 11.8. The number of benzene rings is 1. The highest BCUT2D eigenvalue weighted by Gasteiger charge is 2.41. The molecule has 0 bridgehead atoms. The van der Waals surface area contributed by atoms with E-state index in [1.165, 1.54) is 18.4 Å². The van der Waals surface area contributed by atoms with E-state index in [4.69, 9.17) is 23.2 Å². The van der Waals surface area contributed by atoms with E-state index in [1.807, 2.05) is 18.2 Å². The Balaban J connectivity index is 2.09. The molecule has 2 rings (SSSR count). The Kier molecular flexibility index (Phi) is 2.53. The predicted octanol–water partition coefficient (Wildman–Crippen LogP) is 3.90. The fourth-order valence-electron chi connectivity index (χ4n) is 1.61. The van der Waals surface area contributed by atoms with Crippen LogP contribution in [0.25, 0.3) is 0 Å². The maximum Gasteiger partial charge on any atom is 0.0408 e. The first-order valence-corrected chi connectivity index (χ1v) is 5.46. The molecule has 0 spiro atoms. The summed E-state index contributed by atoms with van der Waals surface area (Å²) in [7, 11) is 0. The van der Waals surface area contributed by atoms with Crippen molar-refractivity contribution in [2.24, 2.45) is 5.41 Å². The first-order valence-electron chi connectivity index (χ1n) is 4.55. The van der Waals surface area contributed by atoms with Gasteiger partial charge in [0.2, 0.25) is 0 Å². The summed E-state index contributed by atoms with van der Waals surface area (Å²) in [6, 6.07) is 8.07. The second-order valence-electron chi connectivity index (χ2n) is 3.94. The highest BCUT2D eigenvalue weighted by Crippen LogP contribution is 2.49. The van der Waals surface area contributed by atoms with Crippen LogP contribution in [0.15, 0.2) is 24.3 Å². The fourth-order valence-corrected chi connectivity index (χ4v) is 2.19. The van der Waals surface area contributed by atoms with Crippen molar-refractivity contribution in [2.45, 2.75) is 19.3 Å². The highest BCUT2D eigenvalue weighted by molar-refractivity contribution is 6.30. The normalized spacial score (nSPS) is 18.6. The van der Waals surface area contributed by atoms with Gasteiger partial charge in [0, 0.05) is 10.9 Å². The summed E-state index contributed by atoms with van der Waals surface area (Å²) in [5.41, 5.74) is 1.71. The van der Waals surface area contributed by atoms with Gasteiger partial charge in [0.25, 0.3) is 0 Å². The summed E-state index contributed by atoms with van der Waals surface area (Å²) in [5, 5.41) is 0.822. The quantitative estimate of drug-likeness (QED) is 0.670. The largest absolute Gasteiger partial charge is 0.126 e. The molecule has 0 radical (unpaired) electrons. The number of hydrogen-bond acceptors (Lipinski definition) is 0. The van der Waals surface area contributed by atoms with Crippen molar-refractivity contribution in [2.75, 3.05) is 5.88 Å². The lowest BCUT2D eigenvalue weighted by atomic mass is 9.99. The molecule has 0 unspecified atom stereocenters. The number of rotatable bonds is 3. The maximum atomic E-state index is 5.91. The minimum Gasteiger partial charge on any atom is -0.126 e. The summed E-state index contributed by atoms with van der Waals surface area (Å²) < 4.78 is 0. The molecule has 0 saturated heterocycles. The van der Waals surface area contributed by atoms with E-state index in [-0.39, 0.29) is 0 Å². The van der Waals surface area contributed by atoms with Crippen LogP contribution < -0.4 is 0 Å². The Morgan fingerprint density at radius 3 is 2.62 bits per heavy atom. The molecule has 1 fully saturated rings. The molecular weight excluding hydrogens is 203 g/mol. The molecule has 1 aromatic carbocycles. The van der Waals surface area contributed by atoms with Gasteiger partial charge in [0.1, 0.15) is 0 Å². The molecule has 0 heterocycles. The molecule has 1 aromatic rings. The minimum absolute atomic E-state index is 0.395. The first-order chi connectivity index (χ1) is 6.24. The SMILES string of the molecule is ClCC1(Cc2cccc(Cl)c2)CC1. The molecule has 0 amide bonds. The molecule has 1 aliphatic carbocycles. The Hall–Kier alpha value is -0.200. The van der Waals surface area contributed by atoms with Gasteiger partial charge in [-0.25, -0.2) is 0 Å². The van der Waals surface area contributed by atoms with Gasteiger partial charge >= 0.3 is 0 Å². The Labute approximate surface area is 88.9 Å². The molecule has 13 heavy (non-hydrogen) atoms. The third-order valence-corrected chi connectivity index (χ3v) is 3.51. The van der Waals surface area contributed by atoms with Crippen LogP contribution in [-0.4, -0.2) is 5.88 Å². The zero-order valence-electron chi connectivity index (χ0n) is 7.39. The molecule has 0 atom stereocenters. The van der Waals surface area contributed by atoms with E-state index in [0.29, 0.717) is 5.41 Å². The average Bonchev–Trinajstić information content (AvgIpc) is 2.86. The molecule has 2 heteroatoms. The topological polar surface area (TPSA) is 0 Å². The summed E-state index contributed by atoms with van der Waals surface area (Å²) in [6.07, 6.45) is 3.61. The van der Waals surface area contributed by atoms with Crippen molar-refractivity contribution < 1.29 is 0 Å². The third-order valence-electron chi connectivity index (χ3n) is 2.71. The standard InChI is InChI=1S/C11H12Cl2/c12-8-11(4-5-11)7-9-2-1-3-10(13)6-9/h1-3,6H,4-5,7-8H2. The average molecular weight is 215 g/mol. The molecular formula is C11H12Cl2. The molecule has 70 valence electrons. The lowest BCUT2D eigenvalue weighted by Gasteiger charge is -2.10. The van der Waals surface area contributed by atoms with Crippen molar-refractivity contribution in [3.05, 3.63) is 34.9 Å². The van der Waals surface area contributed by atoms with Crippen molar-refractivity contribution in [1.82, 2.24) is 0 Å². The van der Waals surface area contributed by atoms with E-state index in [9.17, 15) is 0 Å².